The van der Waals surface area contributed by atoms with E-state index in [0.717, 1.165) is 33.6 Å². The van der Waals surface area contributed by atoms with Gasteiger partial charge in [0.15, 0.2) is 0 Å². The largest absolute Gasteiger partial charge is 0.284 e. The number of hydrogen-bond acceptors (Lipinski definition) is 4. The first kappa shape index (κ1) is 23.8. The second-order valence-corrected chi connectivity index (χ2v) is 8.90. The highest BCUT2D eigenvalue weighted by Gasteiger charge is 2.14. The van der Waals surface area contributed by atoms with Gasteiger partial charge in [-0.15, -0.1) is 5.11 Å². The van der Waals surface area contributed by atoms with Crippen LogP contribution in [0.1, 0.15) is 33.4 Å². The fourth-order valence-electron chi connectivity index (χ4n) is 4.69. The zero-order valence-electron chi connectivity index (χ0n) is 20.8. The van der Waals surface area contributed by atoms with Gasteiger partial charge >= 0.3 is 0 Å². The van der Waals surface area contributed by atoms with Gasteiger partial charge in [0, 0.05) is 24.5 Å². The van der Waals surface area contributed by atoms with Crippen LogP contribution in [0, 0.1) is 51.7 Å². The first-order chi connectivity index (χ1) is 16.7. The average molecular weight is 469 g/mol. The number of non-ortho nitro benzene ring substituents is 1. The van der Waals surface area contributed by atoms with Crippen molar-refractivity contribution in [2.24, 2.45) is 15.4 Å². The monoisotopic (exact) mass is 468 g/mol. The van der Waals surface area contributed by atoms with Crippen molar-refractivity contribution in [3.05, 3.63) is 110 Å². The Balaban J connectivity index is 1.91. The maximum absolute atomic E-state index is 10.9. The highest BCUT2D eigenvalue weighted by Crippen LogP contribution is 2.23. The van der Waals surface area contributed by atoms with E-state index in [1.165, 1.54) is 23.3 Å². The zero-order chi connectivity index (χ0) is 25.3. The maximum Gasteiger partial charge on any atom is 0.269 e. The van der Waals surface area contributed by atoms with E-state index in [9.17, 15) is 10.1 Å². The number of aromatic nitrogens is 2. The molecule has 0 aliphatic rings. The first-order valence-corrected chi connectivity index (χ1v) is 11.3. The fourth-order valence-corrected chi connectivity index (χ4v) is 4.69. The minimum Gasteiger partial charge on any atom is -0.284 e. The molecule has 4 aromatic rings. The van der Waals surface area contributed by atoms with E-state index in [2.05, 4.69) is 81.2 Å². The number of benzene rings is 3. The molecule has 35 heavy (non-hydrogen) atoms. The Labute approximate surface area is 204 Å². The summed E-state index contributed by atoms with van der Waals surface area (Å²) in [4.78, 5) is 10.5. The third-order valence-electron chi connectivity index (χ3n) is 5.90. The highest BCUT2D eigenvalue weighted by molar-refractivity contribution is 5.52. The number of aryl methyl sites for hydroxylation is 6. The van der Waals surface area contributed by atoms with E-state index in [1.54, 1.807) is 12.1 Å². The summed E-state index contributed by atoms with van der Waals surface area (Å²) in [6.07, 6.45) is 3.98. The molecule has 0 unspecified atom stereocenters. The van der Waals surface area contributed by atoms with Gasteiger partial charge in [0.25, 0.3) is 5.69 Å². The van der Waals surface area contributed by atoms with Gasteiger partial charge in [0.05, 0.1) is 22.0 Å². The zero-order valence-corrected chi connectivity index (χ0v) is 20.8. The van der Waals surface area contributed by atoms with Crippen molar-refractivity contribution in [3.63, 3.8) is 0 Å². The van der Waals surface area contributed by atoms with Gasteiger partial charge < -0.3 is 0 Å². The standard InChI is InChI=1S/C27H28N6O2/c1-17-13-19(3)25(20(4)14-17)31-11-12-32(26-21(5)15-18(2)16-22(26)6)27(31)29-30-28-23-7-9-24(10-8-23)33(34)35/h7-16H,1-6H3. The van der Waals surface area contributed by atoms with Crippen LogP contribution >= 0.6 is 0 Å². The molecule has 0 saturated heterocycles. The number of rotatable bonds is 5. The second kappa shape index (κ2) is 9.50. The topological polar surface area (TPSA) is 90.1 Å². The van der Waals surface area contributed by atoms with Crippen molar-refractivity contribution >= 4 is 11.4 Å². The highest BCUT2D eigenvalue weighted by atomic mass is 16.6. The van der Waals surface area contributed by atoms with Crippen LogP contribution in [0.2, 0.25) is 0 Å². The lowest BCUT2D eigenvalue weighted by Crippen LogP contribution is -2.25. The lowest BCUT2D eigenvalue weighted by atomic mass is 10.0. The molecule has 0 saturated carbocycles. The van der Waals surface area contributed by atoms with Crippen molar-refractivity contribution in [3.8, 4) is 11.4 Å². The number of nitro groups is 1. The van der Waals surface area contributed by atoms with Gasteiger partial charge in [0.1, 0.15) is 0 Å². The lowest BCUT2D eigenvalue weighted by Gasteiger charge is -2.14. The molecule has 0 aliphatic heterocycles. The minimum absolute atomic E-state index is 0.00301. The Bertz CT molecular complexity index is 1400. The van der Waals surface area contributed by atoms with Crippen molar-refractivity contribution in [1.29, 1.82) is 0 Å². The Morgan fingerprint density at radius 1 is 0.714 bits per heavy atom. The number of hydrogen-bond donors (Lipinski definition) is 0. The molecule has 0 fully saturated rings. The predicted octanol–water partition coefficient (Wildman–Crippen LogP) is 6.63. The van der Waals surface area contributed by atoms with Crippen molar-refractivity contribution < 1.29 is 4.92 Å². The normalized spacial score (nSPS) is 11.3. The summed E-state index contributed by atoms with van der Waals surface area (Å²) >= 11 is 0. The van der Waals surface area contributed by atoms with Crippen LogP contribution in [0.3, 0.4) is 0 Å². The van der Waals surface area contributed by atoms with Gasteiger partial charge in [-0.05, 0) is 81.2 Å². The molecular formula is C27H28N6O2. The number of nitrogens with zero attached hydrogens (tertiary/aromatic N) is 6. The van der Waals surface area contributed by atoms with E-state index >= 15 is 0 Å². The average Bonchev–Trinajstić information content (AvgIpc) is 3.15. The van der Waals surface area contributed by atoms with Gasteiger partial charge in [-0.1, -0.05) is 40.5 Å². The van der Waals surface area contributed by atoms with Crippen LogP contribution in [0.4, 0.5) is 11.4 Å². The molecule has 3 aromatic carbocycles. The van der Waals surface area contributed by atoms with Crippen LogP contribution in [0.5, 0.6) is 0 Å². The van der Waals surface area contributed by atoms with Crippen LogP contribution in [0.25, 0.3) is 11.4 Å². The molecule has 1 heterocycles. The second-order valence-electron chi connectivity index (χ2n) is 8.90. The first-order valence-electron chi connectivity index (χ1n) is 11.3. The van der Waals surface area contributed by atoms with Crippen molar-refractivity contribution in [1.82, 2.24) is 9.13 Å². The maximum atomic E-state index is 10.9. The molecule has 0 spiro atoms. The van der Waals surface area contributed by atoms with Crippen LogP contribution in [-0.4, -0.2) is 14.1 Å². The third kappa shape index (κ3) is 4.82. The molecule has 4 rings (SSSR count). The third-order valence-corrected chi connectivity index (χ3v) is 5.90. The summed E-state index contributed by atoms with van der Waals surface area (Å²) < 4.78 is 4.05. The number of nitro benzene ring substituents is 1. The molecule has 0 bridgehead atoms. The van der Waals surface area contributed by atoms with Gasteiger partial charge in [-0.3, -0.25) is 19.2 Å². The molecule has 8 nitrogen and oxygen atoms in total. The molecule has 0 radical (unpaired) electrons. The van der Waals surface area contributed by atoms with Crippen LogP contribution in [-0.2, 0) is 0 Å². The van der Waals surface area contributed by atoms with Gasteiger partial charge in [-0.2, -0.15) is 0 Å². The van der Waals surface area contributed by atoms with E-state index in [4.69, 9.17) is 0 Å². The van der Waals surface area contributed by atoms with E-state index < -0.39 is 4.92 Å². The molecular weight excluding hydrogens is 440 g/mol. The molecule has 0 aliphatic carbocycles. The Hall–Kier alpha value is -4.33. The predicted molar refractivity (Wildman–Crippen MR) is 137 cm³/mol. The van der Waals surface area contributed by atoms with Gasteiger partial charge in [-0.25, -0.2) is 0 Å². The summed E-state index contributed by atoms with van der Waals surface area (Å²) in [5, 5.41) is 23.7. The van der Waals surface area contributed by atoms with Crippen molar-refractivity contribution in [2.75, 3.05) is 0 Å². The van der Waals surface area contributed by atoms with Crippen LogP contribution in [0.15, 0.2) is 76.4 Å². The summed E-state index contributed by atoms with van der Waals surface area (Å²) in [6.45, 7) is 12.5. The fraction of sp³-hybridized carbons (Fsp3) is 0.222. The van der Waals surface area contributed by atoms with Gasteiger partial charge in [0.2, 0.25) is 5.62 Å². The Morgan fingerprint density at radius 3 is 1.54 bits per heavy atom. The van der Waals surface area contributed by atoms with E-state index in [-0.39, 0.29) is 5.69 Å². The Kier molecular flexibility index (Phi) is 6.46. The minimum atomic E-state index is -0.445. The molecule has 8 heteroatoms. The van der Waals surface area contributed by atoms with E-state index in [0.29, 0.717) is 11.3 Å². The van der Waals surface area contributed by atoms with Crippen LogP contribution < -0.4 is 5.62 Å². The number of imidazole rings is 1. The molecule has 178 valence electrons. The summed E-state index contributed by atoms with van der Waals surface area (Å²) in [5.74, 6) is 0. The molecule has 0 N–H and O–H groups in total. The quantitative estimate of drug-likeness (QED) is 0.187. The summed E-state index contributed by atoms with van der Waals surface area (Å²) in [5.41, 5.74) is 10.1. The molecule has 0 atom stereocenters. The smallest absolute Gasteiger partial charge is 0.269 e. The molecule has 0 amide bonds. The lowest BCUT2D eigenvalue weighted by molar-refractivity contribution is -0.384. The Morgan fingerprint density at radius 2 is 1.14 bits per heavy atom. The van der Waals surface area contributed by atoms with Crippen molar-refractivity contribution in [2.45, 2.75) is 41.5 Å². The SMILES string of the molecule is Cc1cc(C)c(-n2ccn(-c3c(C)cc(C)cc3C)c2=NN=Nc2ccc([N+](=O)[O-])cc2)c(C)c1. The molecule has 1 aromatic heterocycles. The summed E-state index contributed by atoms with van der Waals surface area (Å²) in [6, 6.07) is 14.5. The van der Waals surface area contributed by atoms with E-state index in [1.807, 2.05) is 21.5 Å². The summed E-state index contributed by atoms with van der Waals surface area (Å²) in [7, 11) is 0.